The minimum atomic E-state index is -0.0301. The van der Waals surface area contributed by atoms with Crippen LogP contribution in [0.5, 0.6) is 0 Å². The van der Waals surface area contributed by atoms with Crippen molar-refractivity contribution in [3.8, 4) is 0 Å². The van der Waals surface area contributed by atoms with Crippen molar-refractivity contribution in [2.75, 3.05) is 13.1 Å². The van der Waals surface area contributed by atoms with Crippen LogP contribution in [0, 0.1) is 5.41 Å². The molecule has 0 N–H and O–H groups in total. The molecule has 0 spiro atoms. The average molecular weight is 225 g/mol. The number of carbonyl (C=O) groups is 1. The molecule has 0 amide bonds. The Morgan fingerprint density at radius 1 is 1.25 bits per heavy atom. The minimum absolute atomic E-state index is 0.0301. The molecule has 0 aromatic rings. The third kappa shape index (κ3) is 3.58. The molecule has 0 atom stereocenters. The molecule has 0 heterocycles. The number of aldehydes is 1. The molecule has 1 saturated carbocycles. The molecule has 0 aliphatic heterocycles. The predicted molar refractivity (Wildman–Crippen MR) is 68.6 cm³/mol. The van der Waals surface area contributed by atoms with Gasteiger partial charge in [0.15, 0.2) is 0 Å². The van der Waals surface area contributed by atoms with Crippen LogP contribution >= 0.6 is 0 Å². The van der Waals surface area contributed by atoms with E-state index in [1.165, 1.54) is 32.0 Å². The molecule has 0 saturated heterocycles. The third-order valence-corrected chi connectivity index (χ3v) is 3.86. The molecule has 94 valence electrons. The summed E-state index contributed by atoms with van der Waals surface area (Å²) < 4.78 is 0. The van der Waals surface area contributed by atoms with Crippen LogP contribution in [0.1, 0.15) is 59.3 Å². The van der Waals surface area contributed by atoms with Gasteiger partial charge >= 0.3 is 0 Å². The molecule has 0 bridgehead atoms. The molecular weight excluding hydrogens is 198 g/mol. The van der Waals surface area contributed by atoms with E-state index in [0.29, 0.717) is 6.04 Å². The van der Waals surface area contributed by atoms with Crippen LogP contribution in [0.2, 0.25) is 0 Å². The van der Waals surface area contributed by atoms with Gasteiger partial charge in [-0.3, -0.25) is 4.90 Å². The SMILES string of the molecule is CCCN(CC1(C=O)CCCCC1)C(C)C. The first-order valence-corrected chi connectivity index (χ1v) is 6.84. The Kier molecular flexibility index (Phi) is 5.47. The van der Waals surface area contributed by atoms with Gasteiger partial charge in [0.05, 0.1) is 0 Å². The first kappa shape index (κ1) is 13.7. The van der Waals surface area contributed by atoms with Gasteiger partial charge in [-0.25, -0.2) is 0 Å². The van der Waals surface area contributed by atoms with Gasteiger partial charge in [0.1, 0.15) is 6.29 Å². The zero-order chi connectivity index (χ0) is 12.0. The molecule has 1 rings (SSSR count). The molecule has 0 unspecified atom stereocenters. The fraction of sp³-hybridized carbons (Fsp3) is 0.929. The number of rotatable bonds is 6. The quantitative estimate of drug-likeness (QED) is 0.647. The smallest absolute Gasteiger partial charge is 0.127 e. The lowest BCUT2D eigenvalue weighted by molar-refractivity contribution is -0.119. The lowest BCUT2D eigenvalue weighted by Gasteiger charge is -2.38. The van der Waals surface area contributed by atoms with Crippen LogP contribution in [0.25, 0.3) is 0 Å². The van der Waals surface area contributed by atoms with E-state index in [1.807, 2.05) is 0 Å². The average Bonchev–Trinajstić information content (AvgIpc) is 2.29. The summed E-state index contributed by atoms with van der Waals surface area (Å²) in [7, 11) is 0. The molecule has 0 aromatic carbocycles. The second kappa shape index (κ2) is 6.39. The molecule has 0 aromatic heterocycles. The van der Waals surface area contributed by atoms with Gasteiger partial charge in [0, 0.05) is 18.0 Å². The summed E-state index contributed by atoms with van der Waals surface area (Å²) >= 11 is 0. The normalized spacial score (nSPS) is 20.3. The summed E-state index contributed by atoms with van der Waals surface area (Å²) in [5, 5.41) is 0. The Hall–Kier alpha value is -0.370. The first-order valence-electron chi connectivity index (χ1n) is 6.84. The zero-order valence-corrected chi connectivity index (χ0v) is 11.2. The maximum atomic E-state index is 11.4. The number of carbonyl (C=O) groups excluding carboxylic acids is 1. The van der Waals surface area contributed by atoms with E-state index in [9.17, 15) is 4.79 Å². The predicted octanol–water partition coefficient (Wildman–Crippen LogP) is 3.26. The van der Waals surface area contributed by atoms with E-state index in [2.05, 4.69) is 25.7 Å². The summed E-state index contributed by atoms with van der Waals surface area (Å²) in [6.07, 6.45) is 8.40. The van der Waals surface area contributed by atoms with Crippen molar-refractivity contribution in [3.63, 3.8) is 0 Å². The highest BCUT2D eigenvalue weighted by molar-refractivity contribution is 5.60. The first-order chi connectivity index (χ1) is 7.63. The highest BCUT2D eigenvalue weighted by Gasteiger charge is 2.33. The molecule has 2 heteroatoms. The van der Waals surface area contributed by atoms with Gasteiger partial charge in [-0.1, -0.05) is 26.2 Å². The Morgan fingerprint density at radius 2 is 1.88 bits per heavy atom. The Balaban J connectivity index is 2.61. The number of nitrogens with zero attached hydrogens (tertiary/aromatic N) is 1. The van der Waals surface area contributed by atoms with Crippen molar-refractivity contribution in [2.24, 2.45) is 5.41 Å². The summed E-state index contributed by atoms with van der Waals surface area (Å²) in [4.78, 5) is 13.9. The number of hydrogen-bond acceptors (Lipinski definition) is 2. The monoisotopic (exact) mass is 225 g/mol. The summed E-state index contributed by atoms with van der Waals surface area (Å²) in [6.45, 7) is 8.77. The van der Waals surface area contributed by atoms with Gasteiger partial charge in [-0.15, -0.1) is 0 Å². The molecular formula is C14H27NO. The summed E-state index contributed by atoms with van der Waals surface area (Å²) in [5.41, 5.74) is -0.0301. The highest BCUT2D eigenvalue weighted by atomic mass is 16.1. The van der Waals surface area contributed by atoms with Gasteiger partial charge < -0.3 is 4.79 Å². The lowest BCUT2D eigenvalue weighted by atomic mass is 9.74. The largest absolute Gasteiger partial charge is 0.303 e. The van der Waals surface area contributed by atoms with Crippen LogP contribution in [0.15, 0.2) is 0 Å². The van der Waals surface area contributed by atoms with Crippen molar-refractivity contribution >= 4 is 6.29 Å². The standard InChI is InChI=1S/C14H27NO/c1-4-10-15(13(2)3)11-14(12-16)8-6-5-7-9-14/h12-13H,4-11H2,1-3H3. The van der Waals surface area contributed by atoms with Crippen molar-refractivity contribution < 1.29 is 4.79 Å². The second-order valence-electron chi connectivity index (χ2n) is 5.61. The van der Waals surface area contributed by atoms with E-state index < -0.39 is 0 Å². The fourth-order valence-corrected chi connectivity index (χ4v) is 2.78. The highest BCUT2D eigenvalue weighted by Crippen LogP contribution is 2.35. The second-order valence-corrected chi connectivity index (χ2v) is 5.61. The molecule has 1 aliphatic carbocycles. The van der Waals surface area contributed by atoms with Gasteiger partial charge in [0.2, 0.25) is 0 Å². The summed E-state index contributed by atoms with van der Waals surface area (Å²) in [5.74, 6) is 0. The van der Waals surface area contributed by atoms with Crippen molar-refractivity contribution in [1.29, 1.82) is 0 Å². The fourth-order valence-electron chi connectivity index (χ4n) is 2.78. The molecule has 0 radical (unpaired) electrons. The van der Waals surface area contributed by atoms with E-state index in [0.717, 1.165) is 25.9 Å². The zero-order valence-electron chi connectivity index (χ0n) is 11.2. The Labute approximate surface area is 100 Å². The van der Waals surface area contributed by atoms with Crippen molar-refractivity contribution in [1.82, 2.24) is 4.90 Å². The lowest BCUT2D eigenvalue weighted by Crippen LogP contribution is -2.43. The van der Waals surface area contributed by atoms with E-state index in [1.54, 1.807) is 0 Å². The van der Waals surface area contributed by atoms with Crippen LogP contribution in [0.4, 0.5) is 0 Å². The van der Waals surface area contributed by atoms with Crippen LogP contribution in [0.3, 0.4) is 0 Å². The van der Waals surface area contributed by atoms with Crippen molar-refractivity contribution in [3.05, 3.63) is 0 Å². The number of hydrogen-bond donors (Lipinski definition) is 0. The summed E-state index contributed by atoms with van der Waals surface area (Å²) in [6, 6.07) is 0.554. The Bertz CT molecular complexity index is 207. The molecule has 1 aliphatic rings. The molecule has 2 nitrogen and oxygen atoms in total. The van der Waals surface area contributed by atoms with E-state index in [4.69, 9.17) is 0 Å². The topological polar surface area (TPSA) is 20.3 Å². The maximum absolute atomic E-state index is 11.4. The molecule has 1 fully saturated rings. The Morgan fingerprint density at radius 3 is 2.31 bits per heavy atom. The van der Waals surface area contributed by atoms with Crippen molar-refractivity contribution in [2.45, 2.75) is 65.3 Å². The van der Waals surface area contributed by atoms with E-state index >= 15 is 0 Å². The molecule has 16 heavy (non-hydrogen) atoms. The minimum Gasteiger partial charge on any atom is -0.303 e. The maximum Gasteiger partial charge on any atom is 0.127 e. The van der Waals surface area contributed by atoms with E-state index in [-0.39, 0.29) is 5.41 Å². The van der Waals surface area contributed by atoms with Crippen LogP contribution < -0.4 is 0 Å². The van der Waals surface area contributed by atoms with Gasteiger partial charge in [-0.05, 0) is 39.7 Å². The van der Waals surface area contributed by atoms with Crippen LogP contribution in [-0.4, -0.2) is 30.3 Å². The third-order valence-electron chi connectivity index (χ3n) is 3.86. The van der Waals surface area contributed by atoms with Gasteiger partial charge in [-0.2, -0.15) is 0 Å². The van der Waals surface area contributed by atoms with Gasteiger partial charge in [0.25, 0.3) is 0 Å². The van der Waals surface area contributed by atoms with Crippen LogP contribution in [-0.2, 0) is 4.79 Å².